The van der Waals surface area contributed by atoms with Crippen molar-refractivity contribution in [2.24, 2.45) is 5.73 Å². The quantitative estimate of drug-likeness (QED) is 0.824. The molecule has 1 aliphatic heterocycles. The summed E-state index contributed by atoms with van der Waals surface area (Å²) >= 11 is 0. The predicted octanol–water partition coefficient (Wildman–Crippen LogP) is 2.76. The van der Waals surface area contributed by atoms with E-state index < -0.39 is 0 Å². The van der Waals surface area contributed by atoms with Crippen LogP contribution in [0.15, 0.2) is 24.3 Å². The summed E-state index contributed by atoms with van der Waals surface area (Å²) in [4.78, 5) is 2.61. The monoisotopic (exact) mass is 256 g/mol. The Labute approximate surface area is 117 Å². The van der Waals surface area contributed by atoms with E-state index in [1.807, 2.05) is 0 Å². The summed E-state index contributed by atoms with van der Waals surface area (Å²) in [5.74, 6) is 6.03. The van der Waals surface area contributed by atoms with Crippen LogP contribution < -0.4 is 5.73 Å². The van der Waals surface area contributed by atoms with Crippen molar-refractivity contribution >= 4 is 0 Å². The average Bonchev–Trinajstić information content (AvgIpc) is 2.41. The Hall–Kier alpha value is -1.30. The molecule has 2 atom stereocenters. The molecule has 1 saturated heterocycles. The molecule has 19 heavy (non-hydrogen) atoms. The van der Waals surface area contributed by atoms with Gasteiger partial charge in [0.25, 0.3) is 0 Å². The highest BCUT2D eigenvalue weighted by molar-refractivity contribution is 5.37. The van der Waals surface area contributed by atoms with Crippen molar-refractivity contribution in [3.8, 4) is 11.8 Å². The molecule has 1 aromatic carbocycles. The molecule has 1 heterocycles. The van der Waals surface area contributed by atoms with Crippen molar-refractivity contribution in [2.45, 2.75) is 51.7 Å². The first-order valence-corrected chi connectivity index (χ1v) is 7.24. The summed E-state index contributed by atoms with van der Waals surface area (Å²) in [5, 5.41) is 0. The lowest BCUT2D eigenvalue weighted by molar-refractivity contribution is 0.0953. The Morgan fingerprint density at radius 2 is 2.00 bits per heavy atom. The van der Waals surface area contributed by atoms with Crippen molar-refractivity contribution in [3.63, 3.8) is 0 Å². The van der Waals surface area contributed by atoms with Gasteiger partial charge in [-0.3, -0.25) is 4.90 Å². The fourth-order valence-corrected chi connectivity index (χ4v) is 2.90. The highest BCUT2D eigenvalue weighted by Gasteiger charge is 2.24. The van der Waals surface area contributed by atoms with Gasteiger partial charge in [0.15, 0.2) is 0 Å². The first kappa shape index (κ1) is 14.1. The van der Waals surface area contributed by atoms with Crippen LogP contribution >= 0.6 is 0 Å². The SMILES string of the molecule is C[C@@H]1CCC[C@H](C)N1Cc1cccc(C#CCN)c1. The zero-order valence-electron chi connectivity index (χ0n) is 12.0. The molecule has 1 aliphatic rings. The summed E-state index contributed by atoms with van der Waals surface area (Å²) in [7, 11) is 0. The lowest BCUT2D eigenvalue weighted by Crippen LogP contribution is -2.42. The zero-order chi connectivity index (χ0) is 13.7. The molecule has 2 nitrogen and oxygen atoms in total. The van der Waals surface area contributed by atoms with Gasteiger partial charge in [-0.25, -0.2) is 0 Å². The smallest absolute Gasteiger partial charge is 0.0555 e. The van der Waals surface area contributed by atoms with Gasteiger partial charge < -0.3 is 5.73 Å². The van der Waals surface area contributed by atoms with E-state index in [-0.39, 0.29) is 0 Å². The van der Waals surface area contributed by atoms with Crippen molar-refractivity contribution in [2.75, 3.05) is 6.54 Å². The second-order valence-corrected chi connectivity index (χ2v) is 5.51. The molecule has 0 aromatic heterocycles. The average molecular weight is 256 g/mol. The van der Waals surface area contributed by atoms with Gasteiger partial charge in [0, 0.05) is 24.2 Å². The van der Waals surface area contributed by atoms with Crippen LogP contribution in [0.1, 0.15) is 44.2 Å². The fourth-order valence-electron chi connectivity index (χ4n) is 2.90. The van der Waals surface area contributed by atoms with Crippen LogP contribution in [0.3, 0.4) is 0 Å². The van der Waals surface area contributed by atoms with Gasteiger partial charge in [0.2, 0.25) is 0 Å². The maximum absolute atomic E-state index is 5.42. The second kappa shape index (κ2) is 6.75. The van der Waals surface area contributed by atoms with Crippen LogP contribution in [-0.2, 0) is 6.54 Å². The summed E-state index contributed by atoms with van der Waals surface area (Å²) < 4.78 is 0. The van der Waals surface area contributed by atoms with Crippen molar-refractivity contribution in [1.82, 2.24) is 4.90 Å². The van der Waals surface area contributed by atoms with Crippen LogP contribution in [0, 0.1) is 11.8 Å². The number of nitrogens with two attached hydrogens (primary N) is 1. The third-order valence-electron chi connectivity index (χ3n) is 4.00. The van der Waals surface area contributed by atoms with E-state index in [1.54, 1.807) is 0 Å². The maximum atomic E-state index is 5.42. The molecule has 1 fully saturated rings. The lowest BCUT2D eigenvalue weighted by Gasteiger charge is -2.39. The minimum Gasteiger partial charge on any atom is -0.320 e. The number of benzene rings is 1. The molecule has 2 heteroatoms. The number of piperidine rings is 1. The van der Waals surface area contributed by atoms with Gasteiger partial charge >= 0.3 is 0 Å². The Bertz CT molecular complexity index is 460. The molecular weight excluding hydrogens is 232 g/mol. The third kappa shape index (κ3) is 3.83. The first-order chi connectivity index (χ1) is 9.20. The number of nitrogens with zero attached hydrogens (tertiary/aromatic N) is 1. The topological polar surface area (TPSA) is 29.3 Å². The number of likely N-dealkylation sites (tertiary alicyclic amines) is 1. The van der Waals surface area contributed by atoms with Gasteiger partial charge in [-0.1, -0.05) is 30.4 Å². The summed E-state index contributed by atoms with van der Waals surface area (Å²) in [6.45, 7) is 6.13. The van der Waals surface area contributed by atoms with E-state index in [0.29, 0.717) is 18.6 Å². The zero-order valence-corrected chi connectivity index (χ0v) is 12.0. The summed E-state index contributed by atoms with van der Waals surface area (Å²) in [6.07, 6.45) is 3.99. The molecule has 2 rings (SSSR count). The normalized spacial score (nSPS) is 23.7. The van der Waals surface area contributed by atoms with Gasteiger partial charge in [0.1, 0.15) is 0 Å². The predicted molar refractivity (Wildman–Crippen MR) is 80.7 cm³/mol. The van der Waals surface area contributed by atoms with E-state index >= 15 is 0 Å². The Morgan fingerprint density at radius 1 is 1.26 bits per heavy atom. The van der Waals surface area contributed by atoms with E-state index in [1.165, 1.54) is 24.8 Å². The Balaban J connectivity index is 2.09. The van der Waals surface area contributed by atoms with Crippen LogP contribution in [0.25, 0.3) is 0 Å². The minimum atomic E-state index is 0.421. The van der Waals surface area contributed by atoms with E-state index in [9.17, 15) is 0 Å². The molecule has 0 bridgehead atoms. The fraction of sp³-hybridized carbons (Fsp3) is 0.529. The van der Waals surface area contributed by atoms with Crippen LogP contribution in [0.2, 0.25) is 0 Å². The standard InChI is InChI=1S/C17H24N2/c1-14-6-3-7-15(2)19(14)13-17-9-4-8-16(12-17)10-5-11-18/h4,8-9,12,14-15H,3,6-7,11,13,18H2,1-2H3/t14-,15+. The van der Waals surface area contributed by atoms with Gasteiger partial charge in [-0.15, -0.1) is 0 Å². The Morgan fingerprint density at radius 3 is 2.68 bits per heavy atom. The first-order valence-electron chi connectivity index (χ1n) is 7.24. The minimum absolute atomic E-state index is 0.421. The van der Waals surface area contributed by atoms with E-state index in [0.717, 1.165) is 12.1 Å². The van der Waals surface area contributed by atoms with Gasteiger partial charge in [-0.05, 0) is 44.4 Å². The number of rotatable bonds is 2. The molecule has 2 N–H and O–H groups in total. The number of hydrogen-bond acceptors (Lipinski definition) is 2. The van der Waals surface area contributed by atoms with Crippen molar-refractivity contribution in [3.05, 3.63) is 35.4 Å². The largest absolute Gasteiger partial charge is 0.320 e. The molecular formula is C17H24N2. The molecule has 102 valence electrons. The van der Waals surface area contributed by atoms with Crippen LogP contribution in [-0.4, -0.2) is 23.5 Å². The van der Waals surface area contributed by atoms with Crippen molar-refractivity contribution in [1.29, 1.82) is 0 Å². The second-order valence-electron chi connectivity index (χ2n) is 5.51. The molecule has 1 aromatic rings. The van der Waals surface area contributed by atoms with E-state index in [2.05, 4.69) is 54.9 Å². The van der Waals surface area contributed by atoms with Crippen molar-refractivity contribution < 1.29 is 0 Å². The number of hydrogen-bond donors (Lipinski definition) is 1. The highest BCUT2D eigenvalue weighted by atomic mass is 15.2. The molecule has 0 aliphatic carbocycles. The third-order valence-corrected chi connectivity index (χ3v) is 4.00. The molecule has 0 saturated carbocycles. The Kier molecular flexibility index (Phi) is 5.01. The van der Waals surface area contributed by atoms with E-state index in [4.69, 9.17) is 5.73 Å². The van der Waals surface area contributed by atoms with Gasteiger partial charge in [0.05, 0.1) is 6.54 Å². The summed E-state index contributed by atoms with van der Waals surface area (Å²) in [6, 6.07) is 9.90. The van der Waals surface area contributed by atoms with Crippen LogP contribution in [0.5, 0.6) is 0 Å². The van der Waals surface area contributed by atoms with Crippen LogP contribution in [0.4, 0.5) is 0 Å². The molecule has 0 amide bonds. The molecule has 0 radical (unpaired) electrons. The molecule has 0 unspecified atom stereocenters. The summed E-state index contributed by atoms with van der Waals surface area (Å²) in [5.41, 5.74) is 7.84. The lowest BCUT2D eigenvalue weighted by atomic mass is 9.96. The van der Waals surface area contributed by atoms with Gasteiger partial charge in [-0.2, -0.15) is 0 Å². The maximum Gasteiger partial charge on any atom is 0.0555 e. The highest BCUT2D eigenvalue weighted by Crippen LogP contribution is 2.24. The molecule has 0 spiro atoms.